The summed E-state index contributed by atoms with van der Waals surface area (Å²) in [5.41, 5.74) is 0.347. The third kappa shape index (κ3) is 3.84. The highest BCUT2D eigenvalue weighted by atomic mass is 35.5. The Morgan fingerprint density at radius 1 is 0.586 bits per heavy atom. The number of halogens is 1. The lowest BCUT2D eigenvalue weighted by Crippen LogP contribution is -2.29. The van der Waals surface area contributed by atoms with Crippen molar-refractivity contribution in [2.24, 2.45) is 0 Å². The second kappa shape index (κ2) is 8.64. The van der Waals surface area contributed by atoms with E-state index < -0.39 is 5.60 Å². The van der Waals surface area contributed by atoms with Crippen LogP contribution in [-0.4, -0.2) is 33.5 Å². The molecule has 0 aliphatic rings. The highest BCUT2D eigenvalue weighted by Gasteiger charge is 2.35. The molecule has 152 valence electrons. The summed E-state index contributed by atoms with van der Waals surface area (Å²) in [7, 11) is 6.24. The molecule has 29 heavy (non-hydrogen) atoms. The average molecular weight is 415 g/mol. The molecule has 0 saturated heterocycles. The highest BCUT2D eigenvalue weighted by Crippen LogP contribution is 2.43. The fourth-order valence-corrected chi connectivity index (χ4v) is 3.44. The van der Waals surface area contributed by atoms with E-state index in [4.69, 9.17) is 30.5 Å². The molecule has 0 aliphatic heterocycles. The molecule has 0 bridgehead atoms. The normalized spacial score (nSPS) is 11.1. The van der Waals surface area contributed by atoms with Gasteiger partial charge in [-0.1, -0.05) is 35.9 Å². The van der Waals surface area contributed by atoms with E-state index in [-0.39, 0.29) is 0 Å². The van der Waals surface area contributed by atoms with Crippen LogP contribution in [0.5, 0.6) is 23.0 Å². The van der Waals surface area contributed by atoms with Gasteiger partial charge in [-0.15, -0.1) is 0 Å². The number of ether oxygens (including phenoxy) is 4. The zero-order chi connectivity index (χ0) is 21.0. The molecule has 0 aliphatic carbocycles. The maximum absolute atomic E-state index is 12.0. The van der Waals surface area contributed by atoms with Crippen molar-refractivity contribution in [3.63, 3.8) is 0 Å². The number of hydrogen-bond donors (Lipinski definition) is 1. The highest BCUT2D eigenvalue weighted by molar-refractivity contribution is 6.30. The molecule has 3 rings (SSSR count). The Morgan fingerprint density at radius 3 is 1.34 bits per heavy atom. The summed E-state index contributed by atoms with van der Waals surface area (Å²) < 4.78 is 21.6. The molecular formula is C23H23ClO5. The molecule has 0 amide bonds. The van der Waals surface area contributed by atoms with Crippen molar-refractivity contribution < 1.29 is 24.1 Å². The summed E-state index contributed by atoms with van der Waals surface area (Å²) >= 11 is 6.07. The first-order valence-corrected chi connectivity index (χ1v) is 9.29. The predicted molar refractivity (Wildman–Crippen MR) is 113 cm³/mol. The van der Waals surface area contributed by atoms with E-state index >= 15 is 0 Å². The Bertz CT molecular complexity index is 930. The van der Waals surface area contributed by atoms with Gasteiger partial charge in [0.2, 0.25) is 0 Å². The van der Waals surface area contributed by atoms with Gasteiger partial charge >= 0.3 is 0 Å². The summed E-state index contributed by atoms with van der Waals surface area (Å²) in [5, 5.41) is 12.6. The molecule has 3 aromatic carbocycles. The van der Waals surface area contributed by atoms with Gasteiger partial charge in [-0.05, 0) is 53.1 Å². The van der Waals surface area contributed by atoms with Crippen molar-refractivity contribution in [1.29, 1.82) is 0 Å². The standard InChI is InChI=1S/C23H23ClO5/c1-26-19-11-7-16(13-21(19)28-3)23(25,15-5-9-18(24)10-6-15)17-8-12-20(27-2)22(14-17)29-4/h5-14,25H,1-4H3. The molecule has 0 heterocycles. The Balaban J connectivity index is 2.27. The topological polar surface area (TPSA) is 57.2 Å². The van der Waals surface area contributed by atoms with Crippen LogP contribution in [0.15, 0.2) is 60.7 Å². The first-order valence-electron chi connectivity index (χ1n) is 8.91. The monoisotopic (exact) mass is 414 g/mol. The maximum atomic E-state index is 12.0. The molecule has 0 spiro atoms. The molecule has 0 atom stereocenters. The van der Waals surface area contributed by atoms with Crippen molar-refractivity contribution in [3.8, 4) is 23.0 Å². The third-order valence-electron chi connectivity index (χ3n) is 4.86. The van der Waals surface area contributed by atoms with Crippen LogP contribution in [0.3, 0.4) is 0 Å². The van der Waals surface area contributed by atoms with Crippen LogP contribution in [0.4, 0.5) is 0 Å². The first-order chi connectivity index (χ1) is 14.0. The van der Waals surface area contributed by atoms with Crippen molar-refractivity contribution in [1.82, 2.24) is 0 Å². The maximum Gasteiger partial charge on any atom is 0.161 e. The van der Waals surface area contributed by atoms with Crippen LogP contribution >= 0.6 is 11.6 Å². The largest absolute Gasteiger partial charge is 0.493 e. The Labute approximate surface area is 175 Å². The van der Waals surface area contributed by atoms with Crippen LogP contribution in [0.2, 0.25) is 5.02 Å². The molecule has 0 saturated carbocycles. The van der Waals surface area contributed by atoms with Gasteiger partial charge in [-0.25, -0.2) is 0 Å². The Morgan fingerprint density at radius 2 is 0.966 bits per heavy atom. The van der Waals surface area contributed by atoms with Crippen LogP contribution in [0.25, 0.3) is 0 Å². The van der Waals surface area contributed by atoms with Gasteiger partial charge in [-0.2, -0.15) is 0 Å². The van der Waals surface area contributed by atoms with Crippen molar-refractivity contribution in [2.75, 3.05) is 28.4 Å². The summed E-state index contributed by atoms with van der Waals surface area (Å²) in [6.45, 7) is 0. The molecule has 0 fully saturated rings. The van der Waals surface area contributed by atoms with Crippen LogP contribution in [0, 0.1) is 0 Å². The molecule has 3 aromatic rings. The summed E-state index contributed by atoms with van der Waals surface area (Å²) in [6, 6.07) is 17.7. The zero-order valence-corrected chi connectivity index (χ0v) is 17.5. The summed E-state index contributed by atoms with van der Waals surface area (Å²) in [5.74, 6) is 2.17. The van der Waals surface area contributed by atoms with Gasteiger partial charge < -0.3 is 24.1 Å². The van der Waals surface area contributed by atoms with Crippen molar-refractivity contribution >= 4 is 11.6 Å². The second-order valence-electron chi connectivity index (χ2n) is 6.36. The molecule has 0 unspecified atom stereocenters. The van der Waals surface area contributed by atoms with Crippen molar-refractivity contribution in [3.05, 3.63) is 82.4 Å². The molecular weight excluding hydrogens is 392 g/mol. The first kappa shape index (κ1) is 20.8. The quantitative estimate of drug-likeness (QED) is 0.570. The lowest BCUT2D eigenvalue weighted by Gasteiger charge is -2.31. The molecule has 1 N–H and O–H groups in total. The van der Waals surface area contributed by atoms with Gasteiger partial charge in [0.1, 0.15) is 5.60 Å². The number of methoxy groups -OCH3 is 4. The lowest BCUT2D eigenvalue weighted by atomic mass is 9.80. The van der Waals surface area contributed by atoms with E-state index in [1.54, 1.807) is 89.1 Å². The SMILES string of the molecule is COc1ccc(C(O)(c2ccc(Cl)cc2)c2ccc(OC)c(OC)c2)cc1OC. The Hall–Kier alpha value is -2.89. The molecule has 6 heteroatoms. The second-order valence-corrected chi connectivity index (χ2v) is 6.79. The van der Waals surface area contributed by atoms with E-state index in [0.29, 0.717) is 44.7 Å². The van der Waals surface area contributed by atoms with Gasteiger partial charge in [0.15, 0.2) is 23.0 Å². The van der Waals surface area contributed by atoms with Crippen LogP contribution < -0.4 is 18.9 Å². The van der Waals surface area contributed by atoms with Gasteiger partial charge in [0.25, 0.3) is 0 Å². The minimum atomic E-state index is -1.50. The van der Waals surface area contributed by atoms with Crippen LogP contribution in [0.1, 0.15) is 16.7 Å². The van der Waals surface area contributed by atoms with E-state index in [9.17, 15) is 5.11 Å². The van der Waals surface area contributed by atoms with Gasteiger partial charge in [0, 0.05) is 5.02 Å². The molecule has 5 nitrogen and oxygen atoms in total. The average Bonchev–Trinajstić information content (AvgIpc) is 2.77. The summed E-state index contributed by atoms with van der Waals surface area (Å²) in [4.78, 5) is 0. The number of hydrogen-bond acceptors (Lipinski definition) is 5. The van der Waals surface area contributed by atoms with E-state index in [1.807, 2.05) is 0 Å². The van der Waals surface area contributed by atoms with Crippen LogP contribution in [-0.2, 0) is 5.60 Å². The fourth-order valence-electron chi connectivity index (χ4n) is 3.31. The predicted octanol–water partition coefficient (Wildman–Crippen LogP) is 4.66. The minimum Gasteiger partial charge on any atom is -0.493 e. The molecule has 0 radical (unpaired) electrons. The molecule has 0 aromatic heterocycles. The Kier molecular flexibility index (Phi) is 6.20. The van der Waals surface area contributed by atoms with Crippen molar-refractivity contribution in [2.45, 2.75) is 5.60 Å². The minimum absolute atomic E-state index is 0.512. The van der Waals surface area contributed by atoms with E-state index in [1.165, 1.54) is 0 Å². The van der Waals surface area contributed by atoms with E-state index in [2.05, 4.69) is 0 Å². The number of benzene rings is 3. The van der Waals surface area contributed by atoms with E-state index in [0.717, 1.165) is 0 Å². The zero-order valence-electron chi connectivity index (χ0n) is 16.7. The number of rotatable bonds is 7. The third-order valence-corrected chi connectivity index (χ3v) is 5.12. The fraction of sp³-hybridized carbons (Fsp3) is 0.217. The lowest BCUT2D eigenvalue weighted by molar-refractivity contribution is 0.125. The van der Waals surface area contributed by atoms with Gasteiger partial charge in [-0.3, -0.25) is 0 Å². The summed E-state index contributed by atoms with van der Waals surface area (Å²) in [6.07, 6.45) is 0. The number of aliphatic hydroxyl groups is 1. The van der Waals surface area contributed by atoms with Gasteiger partial charge in [0.05, 0.1) is 28.4 Å². The smallest absolute Gasteiger partial charge is 0.161 e.